The van der Waals surface area contributed by atoms with Gasteiger partial charge in [0.15, 0.2) is 11.6 Å². The minimum Gasteiger partial charge on any atom is -0.423 e. The average molecular weight is 865 g/mol. The second-order valence-electron chi connectivity index (χ2n) is 14.9. The molecule has 3 aliphatic rings. The van der Waals surface area contributed by atoms with E-state index in [-0.39, 0.29) is 12.0 Å². The van der Waals surface area contributed by atoms with E-state index in [0.717, 1.165) is 37.7 Å². The normalized spacial score (nSPS) is 20.7. The highest BCUT2D eigenvalue weighted by Gasteiger charge is 2.42. The molecule has 280 valence electrons. The minimum atomic E-state index is -1.20. The molecule has 0 spiro atoms. The van der Waals surface area contributed by atoms with E-state index < -0.39 is 18.3 Å². The lowest BCUT2D eigenvalue weighted by Crippen LogP contribution is -2.29. The summed E-state index contributed by atoms with van der Waals surface area (Å²) in [7, 11) is -1.09. The summed E-state index contributed by atoms with van der Waals surface area (Å²) >= 11 is 29.8. The number of halogens is 5. The van der Waals surface area contributed by atoms with Crippen molar-refractivity contribution >= 4 is 110 Å². The van der Waals surface area contributed by atoms with Crippen LogP contribution in [0.25, 0.3) is 0 Å². The predicted molar refractivity (Wildman–Crippen MR) is 218 cm³/mol. The van der Waals surface area contributed by atoms with Gasteiger partial charge in [0.2, 0.25) is 11.9 Å². The van der Waals surface area contributed by atoms with E-state index in [0.29, 0.717) is 83.0 Å². The molecular weight excluding hydrogens is 825 g/mol. The first-order valence-corrected chi connectivity index (χ1v) is 20.0. The standard InChI is InChI=1S/C36H40BBrCl4N8O3/c1-35(2)23-11-21(13-25(39)29(23)37(52)53-35)47-33-44-17-28(42)32(50-33)46-20-9-8-18(10-20)15-36(3,51)24-12-22(14-26(40)30(24)38)48-34-43-16-27(41)31(49-34)45-19-6-4-5-7-19/h11-14,16-20,51-52H,4-10,15H2,1-3H3,(H2,43,45,48,49)(H2,44,46,47,50). The molecule has 7 rings (SSSR count). The van der Waals surface area contributed by atoms with Gasteiger partial charge in [-0.3, -0.25) is 0 Å². The fourth-order valence-corrected chi connectivity index (χ4v) is 9.21. The third-order valence-corrected chi connectivity index (χ3v) is 12.6. The lowest BCUT2D eigenvalue weighted by Gasteiger charge is -2.29. The molecule has 3 unspecified atom stereocenters. The van der Waals surface area contributed by atoms with Gasteiger partial charge in [0.05, 0.1) is 28.6 Å². The Morgan fingerprint density at radius 3 is 2.08 bits per heavy atom. The van der Waals surface area contributed by atoms with Crippen LogP contribution in [0.1, 0.15) is 83.3 Å². The number of benzene rings is 2. The van der Waals surface area contributed by atoms with Crippen molar-refractivity contribution in [1.82, 2.24) is 19.9 Å². The van der Waals surface area contributed by atoms with Crippen molar-refractivity contribution < 1.29 is 14.8 Å². The molecule has 11 nitrogen and oxygen atoms in total. The van der Waals surface area contributed by atoms with Crippen LogP contribution < -0.4 is 26.7 Å². The van der Waals surface area contributed by atoms with Crippen LogP contribution in [0.15, 0.2) is 41.1 Å². The number of hydrogen-bond donors (Lipinski definition) is 6. The number of aliphatic hydroxyl groups is 1. The molecule has 17 heteroatoms. The van der Waals surface area contributed by atoms with Crippen molar-refractivity contribution in [3.63, 3.8) is 0 Å². The van der Waals surface area contributed by atoms with Crippen LogP contribution in [0.2, 0.25) is 20.1 Å². The second kappa shape index (κ2) is 15.5. The van der Waals surface area contributed by atoms with Gasteiger partial charge in [0.25, 0.3) is 0 Å². The van der Waals surface area contributed by atoms with E-state index >= 15 is 0 Å². The highest BCUT2D eigenvalue weighted by atomic mass is 79.9. The topological polar surface area (TPSA) is 149 Å². The zero-order chi connectivity index (χ0) is 37.7. The summed E-state index contributed by atoms with van der Waals surface area (Å²) in [6.45, 7) is 5.57. The van der Waals surface area contributed by atoms with Gasteiger partial charge in [-0.05, 0) is 111 Å². The first-order chi connectivity index (χ1) is 25.1. The molecule has 2 aromatic carbocycles. The third-order valence-electron chi connectivity index (χ3n) is 10.3. The zero-order valence-corrected chi connectivity index (χ0v) is 34.0. The lowest BCUT2D eigenvalue weighted by molar-refractivity contribution is 0.0300. The van der Waals surface area contributed by atoms with Crippen LogP contribution >= 0.6 is 62.3 Å². The van der Waals surface area contributed by atoms with Crippen LogP contribution in [-0.4, -0.2) is 49.3 Å². The predicted octanol–water partition coefficient (Wildman–Crippen LogP) is 9.32. The molecule has 2 aliphatic carbocycles. The van der Waals surface area contributed by atoms with E-state index in [4.69, 9.17) is 51.1 Å². The highest BCUT2D eigenvalue weighted by Crippen LogP contribution is 2.43. The number of rotatable bonds is 11. The van der Waals surface area contributed by atoms with E-state index in [1.807, 2.05) is 32.9 Å². The van der Waals surface area contributed by atoms with Crippen LogP contribution in [-0.2, 0) is 15.9 Å². The molecule has 3 atom stereocenters. The Labute approximate surface area is 337 Å². The SMILES string of the molecule is CC(O)(CC1CCC(Nc2nc(Nc3cc(Cl)c4c(c3)C(C)(C)OB4O)ncc2Cl)C1)c1cc(Nc2ncc(Cl)c(NC3CCCC3)n2)cc(Cl)c1Br. The van der Waals surface area contributed by atoms with Gasteiger partial charge in [0.1, 0.15) is 10.0 Å². The molecule has 2 saturated carbocycles. The van der Waals surface area contributed by atoms with Crippen molar-refractivity contribution in [1.29, 1.82) is 0 Å². The average Bonchev–Trinajstić information content (AvgIpc) is 3.81. The number of aromatic nitrogens is 4. The number of hydrogen-bond acceptors (Lipinski definition) is 11. The minimum absolute atomic E-state index is 0.0824. The summed E-state index contributed by atoms with van der Waals surface area (Å²) in [5.41, 5.74) is 1.40. The van der Waals surface area contributed by atoms with Crippen LogP contribution in [0, 0.1) is 5.92 Å². The molecule has 1 aliphatic heterocycles. The van der Waals surface area contributed by atoms with E-state index in [2.05, 4.69) is 57.1 Å². The van der Waals surface area contributed by atoms with Crippen molar-refractivity contribution in [3.8, 4) is 0 Å². The molecule has 2 aromatic heterocycles. The molecule has 0 bridgehead atoms. The Balaban J connectivity index is 1.00. The monoisotopic (exact) mass is 862 g/mol. The molecule has 0 amide bonds. The molecule has 0 radical (unpaired) electrons. The second-order valence-corrected chi connectivity index (χ2v) is 17.3. The maximum absolute atomic E-state index is 11.9. The number of fused-ring (bicyclic) bond motifs is 1. The molecule has 2 fully saturated rings. The van der Waals surface area contributed by atoms with Gasteiger partial charge in [-0.1, -0.05) is 59.2 Å². The molecule has 4 aromatic rings. The summed E-state index contributed by atoms with van der Waals surface area (Å²) < 4.78 is 6.32. The maximum Gasteiger partial charge on any atom is 0.493 e. The van der Waals surface area contributed by atoms with E-state index in [1.54, 1.807) is 24.5 Å². The zero-order valence-electron chi connectivity index (χ0n) is 29.4. The summed E-state index contributed by atoms with van der Waals surface area (Å²) in [4.78, 5) is 18.0. The van der Waals surface area contributed by atoms with Gasteiger partial charge in [-0.2, -0.15) is 9.97 Å². The Hall–Kier alpha value is -2.62. The molecular formula is C36H40BBrCl4N8O3. The summed E-state index contributed by atoms with van der Waals surface area (Å²) in [5, 5.41) is 37.4. The first-order valence-electron chi connectivity index (χ1n) is 17.7. The summed E-state index contributed by atoms with van der Waals surface area (Å²) in [5.74, 6) is 2.02. The summed E-state index contributed by atoms with van der Waals surface area (Å²) in [6, 6.07) is 7.67. The molecule has 3 heterocycles. The third kappa shape index (κ3) is 8.63. The molecule has 53 heavy (non-hydrogen) atoms. The van der Waals surface area contributed by atoms with Crippen LogP contribution in [0.3, 0.4) is 0 Å². The fraction of sp³-hybridized carbons (Fsp3) is 0.444. The van der Waals surface area contributed by atoms with Crippen molar-refractivity contribution in [2.24, 2.45) is 5.92 Å². The highest BCUT2D eigenvalue weighted by molar-refractivity contribution is 9.10. The van der Waals surface area contributed by atoms with Crippen molar-refractivity contribution in [3.05, 3.63) is 72.3 Å². The largest absolute Gasteiger partial charge is 0.493 e. The van der Waals surface area contributed by atoms with Gasteiger partial charge in [-0.25, -0.2) is 9.97 Å². The number of nitrogens with zero attached hydrogens (tertiary/aromatic N) is 4. The van der Waals surface area contributed by atoms with Gasteiger partial charge in [0, 0.05) is 44.0 Å². The Kier molecular flexibility index (Phi) is 11.3. The lowest BCUT2D eigenvalue weighted by atomic mass is 9.78. The summed E-state index contributed by atoms with van der Waals surface area (Å²) in [6.07, 6.45) is 10.8. The quantitative estimate of drug-likeness (QED) is 0.0802. The fourth-order valence-electron chi connectivity index (χ4n) is 7.73. The van der Waals surface area contributed by atoms with Gasteiger partial charge < -0.3 is 36.1 Å². The Bertz CT molecular complexity index is 2020. The van der Waals surface area contributed by atoms with Gasteiger partial charge in [-0.15, -0.1) is 0 Å². The van der Waals surface area contributed by atoms with E-state index in [9.17, 15) is 10.1 Å². The van der Waals surface area contributed by atoms with Crippen LogP contribution in [0.5, 0.6) is 0 Å². The maximum atomic E-state index is 11.9. The molecule has 6 N–H and O–H groups in total. The van der Waals surface area contributed by atoms with E-state index in [1.165, 1.54) is 12.8 Å². The number of anilines is 6. The Morgan fingerprint density at radius 2 is 1.43 bits per heavy atom. The van der Waals surface area contributed by atoms with Crippen LogP contribution in [0.4, 0.5) is 34.9 Å². The smallest absolute Gasteiger partial charge is 0.423 e. The van der Waals surface area contributed by atoms with Crippen molar-refractivity contribution in [2.75, 3.05) is 21.3 Å². The van der Waals surface area contributed by atoms with Crippen molar-refractivity contribution in [2.45, 2.75) is 95.4 Å². The first kappa shape index (κ1) is 38.7. The number of nitrogens with one attached hydrogen (secondary N) is 4. The van der Waals surface area contributed by atoms with Gasteiger partial charge >= 0.3 is 7.12 Å². The molecule has 0 saturated heterocycles. The Morgan fingerprint density at radius 1 is 0.849 bits per heavy atom.